The van der Waals surface area contributed by atoms with Crippen LogP contribution in [-0.2, 0) is 9.59 Å². The van der Waals surface area contributed by atoms with Crippen LogP contribution in [0.2, 0.25) is 0 Å². The lowest BCUT2D eigenvalue weighted by molar-refractivity contribution is -0.140. The second kappa shape index (κ2) is 9.92. The third kappa shape index (κ3) is 5.34. The van der Waals surface area contributed by atoms with Crippen LogP contribution in [-0.4, -0.2) is 51.4 Å². The van der Waals surface area contributed by atoms with Gasteiger partial charge in [-0.25, -0.2) is 0 Å². The van der Waals surface area contributed by atoms with Crippen LogP contribution in [0.1, 0.15) is 115 Å². The van der Waals surface area contributed by atoms with Gasteiger partial charge in [-0.15, -0.1) is 10.2 Å². The molecule has 0 aromatic carbocycles. The Morgan fingerprint density at radius 3 is 2.25 bits per heavy atom. The number of carbonyl (C=O) groups is 2. The number of amides is 2. The summed E-state index contributed by atoms with van der Waals surface area (Å²) < 4.78 is 6.16. The highest BCUT2D eigenvalue weighted by molar-refractivity contribution is 5.81. The topological polar surface area (TPSA) is 79.5 Å². The minimum atomic E-state index is -0.348. The lowest BCUT2D eigenvalue weighted by Gasteiger charge is -2.35. The Bertz CT molecular complexity index is 785. The van der Waals surface area contributed by atoms with Gasteiger partial charge in [0.2, 0.25) is 23.6 Å². The second-order valence-electron chi connectivity index (χ2n) is 11.1. The van der Waals surface area contributed by atoms with E-state index in [9.17, 15) is 9.59 Å². The summed E-state index contributed by atoms with van der Waals surface area (Å²) >= 11 is 0. The lowest BCUT2D eigenvalue weighted by atomic mass is 9.91. The molecule has 2 saturated heterocycles. The number of piperidine rings is 2. The van der Waals surface area contributed by atoms with Crippen LogP contribution >= 0.6 is 0 Å². The Labute approximate surface area is 192 Å². The second-order valence-corrected chi connectivity index (χ2v) is 11.1. The van der Waals surface area contributed by atoms with Crippen molar-refractivity contribution in [3.05, 3.63) is 11.8 Å². The molecule has 0 spiro atoms. The van der Waals surface area contributed by atoms with E-state index < -0.39 is 0 Å². The summed E-state index contributed by atoms with van der Waals surface area (Å²) in [6.07, 6.45) is 11.6. The van der Waals surface area contributed by atoms with Crippen molar-refractivity contribution >= 4 is 11.8 Å². The molecule has 1 unspecified atom stereocenters. The molecular formula is C25H40N4O3. The molecule has 1 aromatic heterocycles. The Morgan fingerprint density at radius 2 is 1.56 bits per heavy atom. The third-order valence-corrected chi connectivity index (χ3v) is 7.58. The highest BCUT2D eigenvalue weighted by atomic mass is 16.4. The normalized spacial score (nSPS) is 23.7. The van der Waals surface area contributed by atoms with Crippen molar-refractivity contribution in [1.82, 2.24) is 20.0 Å². The van der Waals surface area contributed by atoms with Gasteiger partial charge in [0.25, 0.3) is 0 Å². The Hall–Kier alpha value is -1.92. The van der Waals surface area contributed by atoms with Crippen LogP contribution in [0.3, 0.4) is 0 Å². The summed E-state index contributed by atoms with van der Waals surface area (Å²) in [6.45, 7) is 8.16. The van der Waals surface area contributed by atoms with Gasteiger partial charge >= 0.3 is 0 Å². The molecule has 0 radical (unpaired) electrons. The number of aromatic nitrogens is 2. The van der Waals surface area contributed by atoms with E-state index in [0.717, 1.165) is 64.1 Å². The highest BCUT2D eigenvalue weighted by Gasteiger charge is 2.35. The summed E-state index contributed by atoms with van der Waals surface area (Å²) in [5.74, 6) is 2.64. The minimum absolute atomic E-state index is 0.0800. The van der Waals surface area contributed by atoms with Crippen LogP contribution in [0, 0.1) is 11.3 Å². The molecular weight excluding hydrogens is 404 g/mol. The lowest BCUT2D eigenvalue weighted by Crippen LogP contribution is -2.43. The first-order chi connectivity index (χ1) is 15.3. The maximum Gasteiger partial charge on any atom is 0.238 e. The molecule has 32 heavy (non-hydrogen) atoms. The third-order valence-electron chi connectivity index (χ3n) is 7.58. The maximum absolute atomic E-state index is 13.0. The average Bonchev–Trinajstić information content (AvgIpc) is 3.49. The molecule has 1 aromatic rings. The zero-order valence-corrected chi connectivity index (χ0v) is 20.1. The molecule has 3 fully saturated rings. The van der Waals surface area contributed by atoms with E-state index in [1.165, 1.54) is 25.7 Å². The fourth-order valence-electron chi connectivity index (χ4n) is 5.61. The highest BCUT2D eigenvalue weighted by Crippen LogP contribution is 2.35. The standard InChI is InChI=1S/C25H40N4O3/c1-25(2,3)24(31)28-16-13-19(14-17-28)22-26-27-23(32-22)20-10-6-7-15-29(20)21(30)12-11-18-8-4-5-9-18/h18-20H,4-17H2,1-3H3. The monoisotopic (exact) mass is 444 g/mol. The SMILES string of the molecule is CC(C)(C)C(=O)N1CCC(c2nnc(C3CCCCN3C(=O)CCC3CCCC3)o2)CC1. The predicted octanol–water partition coefficient (Wildman–Crippen LogP) is 4.85. The Balaban J connectivity index is 1.35. The van der Waals surface area contributed by atoms with Crippen LogP contribution in [0.15, 0.2) is 4.42 Å². The predicted molar refractivity (Wildman–Crippen MR) is 122 cm³/mol. The number of likely N-dealkylation sites (tertiary alicyclic amines) is 2. The minimum Gasteiger partial charge on any atom is -0.423 e. The van der Waals surface area contributed by atoms with E-state index in [4.69, 9.17) is 4.42 Å². The zero-order chi connectivity index (χ0) is 22.7. The van der Waals surface area contributed by atoms with Crippen LogP contribution < -0.4 is 0 Å². The average molecular weight is 445 g/mol. The molecule has 178 valence electrons. The van der Waals surface area contributed by atoms with Crippen molar-refractivity contribution in [2.24, 2.45) is 11.3 Å². The van der Waals surface area contributed by atoms with Gasteiger partial charge in [0.1, 0.15) is 6.04 Å². The number of nitrogens with zero attached hydrogens (tertiary/aromatic N) is 4. The molecule has 1 saturated carbocycles. The van der Waals surface area contributed by atoms with E-state index in [-0.39, 0.29) is 29.2 Å². The van der Waals surface area contributed by atoms with E-state index in [1.54, 1.807) is 0 Å². The molecule has 4 rings (SSSR count). The maximum atomic E-state index is 13.0. The van der Waals surface area contributed by atoms with Gasteiger partial charge in [0.05, 0.1) is 0 Å². The first-order valence-corrected chi connectivity index (χ1v) is 12.7. The first kappa shape index (κ1) is 23.2. The van der Waals surface area contributed by atoms with Crippen molar-refractivity contribution < 1.29 is 14.0 Å². The smallest absolute Gasteiger partial charge is 0.238 e. The number of carbonyl (C=O) groups excluding carboxylic acids is 2. The Kier molecular flexibility index (Phi) is 7.21. The molecule has 2 aliphatic heterocycles. The molecule has 7 nitrogen and oxygen atoms in total. The van der Waals surface area contributed by atoms with Crippen molar-refractivity contribution in [2.45, 2.75) is 103 Å². The van der Waals surface area contributed by atoms with Gasteiger partial charge in [-0.2, -0.15) is 0 Å². The van der Waals surface area contributed by atoms with Crippen LogP contribution in [0.4, 0.5) is 0 Å². The van der Waals surface area contributed by atoms with Gasteiger partial charge < -0.3 is 14.2 Å². The molecule has 1 atom stereocenters. The van der Waals surface area contributed by atoms with E-state index >= 15 is 0 Å². The summed E-state index contributed by atoms with van der Waals surface area (Å²) in [4.78, 5) is 29.5. The van der Waals surface area contributed by atoms with E-state index in [0.29, 0.717) is 18.2 Å². The Morgan fingerprint density at radius 1 is 0.906 bits per heavy atom. The van der Waals surface area contributed by atoms with Gasteiger partial charge in [-0.1, -0.05) is 46.5 Å². The fraction of sp³-hybridized carbons (Fsp3) is 0.840. The molecule has 7 heteroatoms. The molecule has 0 bridgehead atoms. The van der Waals surface area contributed by atoms with Crippen molar-refractivity contribution in [1.29, 1.82) is 0 Å². The van der Waals surface area contributed by atoms with Gasteiger partial charge in [0.15, 0.2) is 0 Å². The zero-order valence-electron chi connectivity index (χ0n) is 20.1. The van der Waals surface area contributed by atoms with Gasteiger partial charge in [-0.3, -0.25) is 9.59 Å². The van der Waals surface area contributed by atoms with E-state index in [2.05, 4.69) is 10.2 Å². The van der Waals surface area contributed by atoms with E-state index in [1.807, 2.05) is 30.6 Å². The number of hydrogen-bond donors (Lipinski definition) is 0. The molecule has 0 N–H and O–H groups in total. The quantitative estimate of drug-likeness (QED) is 0.649. The van der Waals surface area contributed by atoms with Crippen molar-refractivity contribution in [3.8, 4) is 0 Å². The van der Waals surface area contributed by atoms with Crippen LogP contribution in [0.25, 0.3) is 0 Å². The summed E-state index contributed by atoms with van der Waals surface area (Å²) in [7, 11) is 0. The molecule has 1 aliphatic carbocycles. The number of hydrogen-bond acceptors (Lipinski definition) is 5. The summed E-state index contributed by atoms with van der Waals surface area (Å²) in [5, 5.41) is 8.77. The summed E-state index contributed by atoms with van der Waals surface area (Å²) in [5.41, 5.74) is -0.348. The molecule has 3 heterocycles. The van der Waals surface area contributed by atoms with Crippen molar-refractivity contribution in [3.63, 3.8) is 0 Å². The van der Waals surface area contributed by atoms with Crippen LogP contribution in [0.5, 0.6) is 0 Å². The van der Waals surface area contributed by atoms with Gasteiger partial charge in [0, 0.05) is 37.4 Å². The fourth-order valence-corrected chi connectivity index (χ4v) is 5.61. The summed E-state index contributed by atoms with van der Waals surface area (Å²) in [6, 6.07) is -0.0800. The largest absolute Gasteiger partial charge is 0.423 e. The molecule has 3 aliphatic rings. The van der Waals surface area contributed by atoms with Crippen molar-refractivity contribution in [2.75, 3.05) is 19.6 Å². The number of rotatable bonds is 5. The first-order valence-electron chi connectivity index (χ1n) is 12.7. The van der Waals surface area contributed by atoms with Gasteiger partial charge in [-0.05, 0) is 44.4 Å². The molecule has 2 amide bonds.